The lowest BCUT2D eigenvalue weighted by Gasteiger charge is -2.27. The predicted molar refractivity (Wildman–Crippen MR) is 72.3 cm³/mol. The summed E-state index contributed by atoms with van der Waals surface area (Å²) in [6.45, 7) is 3.54. The Morgan fingerprint density at radius 3 is 2.21 bits per heavy atom. The fourth-order valence-corrected chi connectivity index (χ4v) is 2.51. The van der Waals surface area contributed by atoms with Crippen molar-refractivity contribution in [1.29, 1.82) is 5.26 Å². The zero-order valence-electron chi connectivity index (χ0n) is 10.9. The summed E-state index contributed by atoms with van der Waals surface area (Å²) in [5.74, 6) is -0.404. The van der Waals surface area contributed by atoms with Crippen LogP contribution in [0.4, 0.5) is 0 Å². The number of ketones is 1. The third kappa shape index (κ3) is 2.49. The van der Waals surface area contributed by atoms with E-state index in [-0.39, 0.29) is 5.78 Å². The highest BCUT2D eigenvalue weighted by Crippen LogP contribution is 2.32. The highest BCUT2D eigenvalue weighted by atomic mass is 16.3. The number of nitrogens with zero attached hydrogens (tertiary/aromatic N) is 1. The highest BCUT2D eigenvalue weighted by molar-refractivity contribution is 6.01. The summed E-state index contributed by atoms with van der Waals surface area (Å²) in [5, 5.41) is 18.9. The Labute approximate surface area is 112 Å². The standard InChI is InChI=1S/C16H15NO2/c1-11-8-16(19,10-17)9-12(2)14(11)15(18)13-6-4-3-5-7-13/h3-9,14,19H,1-2H3. The van der Waals surface area contributed by atoms with E-state index in [2.05, 4.69) is 0 Å². The second-order valence-corrected chi connectivity index (χ2v) is 4.88. The number of rotatable bonds is 2. The first-order valence-electron chi connectivity index (χ1n) is 6.08. The van der Waals surface area contributed by atoms with Gasteiger partial charge in [0.1, 0.15) is 6.07 Å². The van der Waals surface area contributed by atoms with Gasteiger partial charge in [0.25, 0.3) is 0 Å². The van der Waals surface area contributed by atoms with E-state index < -0.39 is 11.5 Å². The highest BCUT2D eigenvalue weighted by Gasteiger charge is 2.33. The normalized spacial score (nSPS) is 26.1. The van der Waals surface area contributed by atoms with Crippen molar-refractivity contribution in [3.8, 4) is 6.07 Å². The number of carbonyl (C=O) groups excluding carboxylic acids is 1. The molecule has 0 aromatic heterocycles. The lowest BCUT2D eigenvalue weighted by Crippen LogP contribution is -2.30. The Balaban J connectivity index is 2.39. The molecular formula is C16H15NO2. The summed E-state index contributed by atoms with van der Waals surface area (Å²) in [6, 6.07) is 10.9. The molecule has 0 saturated heterocycles. The Kier molecular flexibility index (Phi) is 3.37. The van der Waals surface area contributed by atoms with Crippen LogP contribution >= 0.6 is 0 Å². The van der Waals surface area contributed by atoms with Crippen molar-refractivity contribution in [2.24, 2.45) is 5.92 Å². The van der Waals surface area contributed by atoms with Gasteiger partial charge in [-0.3, -0.25) is 4.79 Å². The molecule has 0 spiro atoms. The summed E-state index contributed by atoms with van der Waals surface area (Å²) in [7, 11) is 0. The van der Waals surface area contributed by atoms with E-state index in [0.29, 0.717) is 16.7 Å². The summed E-state index contributed by atoms with van der Waals surface area (Å²) < 4.78 is 0. The molecule has 0 saturated carbocycles. The van der Waals surface area contributed by atoms with E-state index >= 15 is 0 Å². The van der Waals surface area contributed by atoms with Gasteiger partial charge in [-0.05, 0) is 26.0 Å². The van der Waals surface area contributed by atoms with E-state index in [1.165, 1.54) is 12.2 Å². The smallest absolute Gasteiger partial charge is 0.189 e. The van der Waals surface area contributed by atoms with Crippen LogP contribution in [0.15, 0.2) is 53.6 Å². The van der Waals surface area contributed by atoms with Crippen LogP contribution in [-0.4, -0.2) is 16.5 Å². The topological polar surface area (TPSA) is 61.1 Å². The molecule has 1 aromatic rings. The third-order valence-electron chi connectivity index (χ3n) is 3.31. The first kappa shape index (κ1) is 13.3. The Morgan fingerprint density at radius 2 is 1.74 bits per heavy atom. The molecule has 3 nitrogen and oxygen atoms in total. The minimum Gasteiger partial charge on any atom is -0.369 e. The molecule has 0 amide bonds. The van der Waals surface area contributed by atoms with E-state index in [4.69, 9.17) is 5.26 Å². The molecule has 1 aliphatic carbocycles. The molecule has 0 bridgehead atoms. The fraction of sp³-hybridized carbons (Fsp3) is 0.250. The van der Waals surface area contributed by atoms with Gasteiger partial charge in [-0.2, -0.15) is 5.26 Å². The molecule has 0 unspecified atom stereocenters. The van der Waals surface area contributed by atoms with Gasteiger partial charge in [0.05, 0.1) is 5.92 Å². The summed E-state index contributed by atoms with van der Waals surface area (Å²) in [5.41, 5.74) is 0.452. The molecule has 0 heterocycles. The molecule has 0 atom stereocenters. The van der Waals surface area contributed by atoms with Crippen molar-refractivity contribution in [3.05, 3.63) is 59.2 Å². The average Bonchev–Trinajstić information content (AvgIpc) is 2.38. The van der Waals surface area contributed by atoms with Crippen LogP contribution in [-0.2, 0) is 0 Å². The maximum atomic E-state index is 12.5. The molecule has 19 heavy (non-hydrogen) atoms. The molecule has 1 N–H and O–H groups in total. The Morgan fingerprint density at radius 1 is 1.21 bits per heavy atom. The van der Waals surface area contributed by atoms with Crippen molar-refractivity contribution < 1.29 is 9.90 Å². The Hall–Kier alpha value is -2.18. The Bertz CT molecular complexity index is 585. The number of aliphatic hydroxyl groups is 1. The molecular weight excluding hydrogens is 238 g/mol. The van der Waals surface area contributed by atoms with E-state index in [1.807, 2.05) is 24.3 Å². The minimum absolute atomic E-state index is 0.0110. The van der Waals surface area contributed by atoms with Crippen LogP contribution in [0, 0.1) is 17.2 Å². The van der Waals surface area contributed by atoms with Crippen molar-refractivity contribution in [2.45, 2.75) is 19.4 Å². The molecule has 96 valence electrons. The monoisotopic (exact) mass is 253 g/mol. The number of hydrogen-bond donors (Lipinski definition) is 1. The molecule has 1 aromatic carbocycles. The molecule has 1 aliphatic rings. The zero-order valence-corrected chi connectivity index (χ0v) is 10.9. The molecule has 0 radical (unpaired) electrons. The van der Waals surface area contributed by atoms with Crippen LogP contribution < -0.4 is 0 Å². The van der Waals surface area contributed by atoms with Crippen LogP contribution in [0.3, 0.4) is 0 Å². The van der Waals surface area contributed by atoms with Gasteiger partial charge in [0, 0.05) is 5.56 Å². The second-order valence-electron chi connectivity index (χ2n) is 4.88. The lowest BCUT2D eigenvalue weighted by molar-refractivity contribution is 0.0951. The van der Waals surface area contributed by atoms with Crippen LogP contribution in [0.25, 0.3) is 0 Å². The predicted octanol–water partition coefficient (Wildman–Crippen LogP) is 2.65. The summed E-state index contributed by atoms with van der Waals surface area (Å²) in [6.07, 6.45) is 2.90. The largest absolute Gasteiger partial charge is 0.369 e. The number of Topliss-reactive ketones (excluding diaryl/α,β-unsaturated/α-hetero) is 1. The molecule has 0 fully saturated rings. The van der Waals surface area contributed by atoms with Crippen LogP contribution in [0.1, 0.15) is 24.2 Å². The summed E-state index contributed by atoms with van der Waals surface area (Å²) >= 11 is 0. The third-order valence-corrected chi connectivity index (χ3v) is 3.31. The van der Waals surface area contributed by atoms with Gasteiger partial charge in [-0.1, -0.05) is 41.5 Å². The first-order valence-corrected chi connectivity index (χ1v) is 6.08. The number of nitriles is 1. The van der Waals surface area contributed by atoms with Gasteiger partial charge in [-0.25, -0.2) is 0 Å². The molecule has 2 rings (SSSR count). The van der Waals surface area contributed by atoms with Crippen LogP contribution in [0.2, 0.25) is 0 Å². The molecule has 3 heteroatoms. The zero-order chi connectivity index (χ0) is 14.0. The van der Waals surface area contributed by atoms with Crippen LogP contribution in [0.5, 0.6) is 0 Å². The van der Waals surface area contributed by atoms with Gasteiger partial charge < -0.3 is 5.11 Å². The quantitative estimate of drug-likeness (QED) is 0.500. The number of benzene rings is 1. The van der Waals surface area contributed by atoms with Crippen molar-refractivity contribution in [2.75, 3.05) is 0 Å². The van der Waals surface area contributed by atoms with E-state index in [1.54, 1.807) is 26.0 Å². The second kappa shape index (κ2) is 4.83. The van der Waals surface area contributed by atoms with Gasteiger partial charge in [-0.15, -0.1) is 0 Å². The number of hydrogen-bond acceptors (Lipinski definition) is 3. The van der Waals surface area contributed by atoms with Crippen molar-refractivity contribution >= 4 is 5.78 Å². The maximum Gasteiger partial charge on any atom is 0.189 e. The van der Waals surface area contributed by atoms with E-state index in [0.717, 1.165) is 0 Å². The maximum absolute atomic E-state index is 12.5. The average molecular weight is 253 g/mol. The lowest BCUT2D eigenvalue weighted by atomic mass is 9.78. The number of allylic oxidation sites excluding steroid dienone is 2. The van der Waals surface area contributed by atoms with Gasteiger partial charge >= 0.3 is 0 Å². The first-order chi connectivity index (χ1) is 8.97. The fourth-order valence-electron chi connectivity index (χ4n) is 2.51. The summed E-state index contributed by atoms with van der Waals surface area (Å²) in [4.78, 5) is 12.5. The molecule has 0 aliphatic heterocycles. The van der Waals surface area contributed by atoms with Crippen molar-refractivity contribution in [1.82, 2.24) is 0 Å². The number of carbonyl (C=O) groups is 1. The minimum atomic E-state index is -1.60. The SMILES string of the molecule is CC1=CC(O)(C#N)C=C(C)C1C(=O)c1ccccc1. The van der Waals surface area contributed by atoms with Crippen molar-refractivity contribution in [3.63, 3.8) is 0 Å². The van der Waals surface area contributed by atoms with Gasteiger partial charge in [0.15, 0.2) is 11.4 Å². The van der Waals surface area contributed by atoms with E-state index in [9.17, 15) is 9.90 Å². The van der Waals surface area contributed by atoms with Gasteiger partial charge in [0.2, 0.25) is 0 Å².